The highest BCUT2D eigenvalue weighted by Gasteiger charge is 1.89. The average Bonchev–Trinajstić information content (AvgIpc) is 1.85. The van der Waals surface area contributed by atoms with Gasteiger partial charge in [-0.15, -0.1) is 0 Å². The van der Waals surface area contributed by atoms with Gasteiger partial charge in [0.15, 0.2) is 0 Å². The van der Waals surface area contributed by atoms with E-state index < -0.39 is 0 Å². The average molecular weight is 150 g/mol. The molecule has 0 aliphatic rings. The van der Waals surface area contributed by atoms with Crippen molar-refractivity contribution in [2.75, 3.05) is 0 Å². The van der Waals surface area contributed by atoms with E-state index in [0.29, 0.717) is 0 Å². The van der Waals surface area contributed by atoms with Crippen molar-refractivity contribution >= 4 is 6.08 Å². The largest absolute Gasteiger partial charge is 0.513 e. The monoisotopic (exact) mass is 150 g/mol. The van der Waals surface area contributed by atoms with Crippen LogP contribution in [0.5, 0.6) is 5.75 Å². The van der Waals surface area contributed by atoms with Crippen molar-refractivity contribution in [3.05, 3.63) is 35.6 Å². The summed E-state index contributed by atoms with van der Waals surface area (Å²) in [6.07, 6.45) is 1.58. The highest BCUT2D eigenvalue weighted by atomic mass is 16.3. The molecule has 11 heavy (non-hydrogen) atoms. The standard InChI is InChI=1S/C9H10O2/c1-7(10)5-8-3-2-4-9(11)6-8/h2-6,10-11H,1H3/b7-5-. The van der Waals surface area contributed by atoms with Gasteiger partial charge in [-0.2, -0.15) is 0 Å². The van der Waals surface area contributed by atoms with Crippen LogP contribution in [-0.4, -0.2) is 10.2 Å². The van der Waals surface area contributed by atoms with E-state index in [9.17, 15) is 0 Å². The van der Waals surface area contributed by atoms with E-state index >= 15 is 0 Å². The summed E-state index contributed by atoms with van der Waals surface area (Å²) in [5.74, 6) is 0.440. The molecule has 1 rings (SSSR count). The molecule has 0 bridgehead atoms. The van der Waals surface area contributed by atoms with Crippen molar-refractivity contribution in [3.63, 3.8) is 0 Å². The number of hydrogen-bond acceptors (Lipinski definition) is 2. The first-order valence-electron chi connectivity index (χ1n) is 3.35. The van der Waals surface area contributed by atoms with Crippen LogP contribution < -0.4 is 0 Å². The van der Waals surface area contributed by atoms with Gasteiger partial charge in [0, 0.05) is 0 Å². The third-order valence-electron chi connectivity index (χ3n) is 1.25. The molecular weight excluding hydrogens is 140 g/mol. The van der Waals surface area contributed by atoms with E-state index in [1.54, 1.807) is 37.3 Å². The maximum Gasteiger partial charge on any atom is 0.116 e. The molecule has 0 saturated heterocycles. The smallest absolute Gasteiger partial charge is 0.116 e. The lowest BCUT2D eigenvalue weighted by atomic mass is 10.2. The van der Waals surface area contributed by atoms with Crippen LogP contribution in [-0.2, 0) is 0 Å². The van der Waals surface area contributed by atoms with Crippen LogP contribution >= 0.6 is 0 Å². The molecule has 1 aromatic rings. The van der Waals surface area contributed by atoms with Gasteiger partial charge in [-0.25, -0.2) is 0 Å². The molecule has 0 fully saturated rings. The van der Waals surface area contributed by atoms with E-state index in [-0.39, 0.29) is 11.5 Å². The zero-order valence-corrected chi connectivity index (χ0v) is 6.28. The Balaban J connectivity index is 2.97. The fourth-order valence-corrected chi connectivity index (χ4v) is 0.856. The second kappa shape index (κ2) is 3.10. The lowest BCUT2D eigenvalue weighted by molar-refractivity contribution is 0.420. The number of hydrogen-bond donors (Lipinski definition) is 2. The van der Waals surface area contributed by atoms with Gasteiger partial charge in [0.25, 0.3) is 0 Å². The van der Waals surface area contributed by atoms with Crippen molar-refractivity contribution < 1.29 is 10.2 Å². The second-order valence-electron chi connectivity index (χ2n) is 2.38. The van der Waals surface area contributed by atoms with Gasteiger partial charge in [0.1, 0.15) is 5.75 Å². The van der Waals surface area contributed by atoms with E-state index in [4.69, 9.17) is 10.2 Å². The first-order chi connectivity index (χ1) is 5.18. The van der Waals surface area contributed by atoms with Crippen molar-refractivity contribution in [2.45, 2.75) is 6.92 Å². The number of aliphatic hydroxyl groups excluding tert-OH is 1. The van der Waals surface area contributed by atoms with Crippen LogP contribution in [0.15, 0.2) is 30.0 Å². The van der Waals surface area contributed by atoms with Crippen LogP contribution in [0.1, 0.15) is 12.5 Å². The Hall–Kier alpha value is -1.44. The zero-order chi connectivity index (χ0) is 8.27. The Kier molecular flexibility index (Phi) is 2.16. The summed E-state index contributed by atoms with van der Waals surface area (Å²) >= 11 is 0. The number of rotatable bonds is 1. The highest BCUT2D eigenvalue weighted by Crippen LogP contribution is 2.12. The van der Waals surface area contributed by atoms with Crippen molar-refractivity contribution in [2.24, 2.45) is 0 Å². The summed E-state index contributed by atoms with van der Waals surface area (Å²) in [4.78, 5) is 0. The second-order valence-corrected chi connectivity index (χ2v) is 2.38. The molecule has 2 heteroatoms. The van der Waals surface area contributed by atoms with Crippen molar-refractivity contribution in [1.82, 2.24) is 0 Å². The van der Waals surface area contributed by atoms with Gasteiger partial charge in [-0.1, -0.05) is 12.1 Å². The van der Waals surface area contributed by atoms with Crippen LogP contribution in [0.2, 0.25) is 0 Å². The topological polar surface area (TPSA) is 40.5 Å². The first kappa shape index (κ1) is 7.66. The molecule has 0 saturated carbocycles. The fourth-order valence-electron chi connectivity index (χ4n) is 0.856. The fraction of sp³-hybridized carbons (Fsp3) is 0.111. The summed E-state index contributed by atoms with van der Waals surface area (Å²) in [5, 5.41) is 17.9. The van der Waals surface area contributed by atoms with Gasteiger partial charge in [0.05, 0.1) is 5.76 Å². The number of phenolic OH excluding ortho intramolecular Hbond substituents is 1. The van der Waals surface area contributed by atoms with Crippen LogP contribution in [0.4, 0.5) is 0 Å². The minimum absolute atomic E-state index is 0.208. The number of aromatic hydroxyl groups is 1. The molecular formula is C9H10O2. The molecule has 0 atom stereocenters. The summed E-state index contributed by atoms with van der Waals surface area (Å²) < 4.78 is 0. The molecule has 0 aliphatic carbocycles. The lowest BCUT2D eigenvalue weighted by Crippen LogP contribution is -1.73. The highest BCUT2D eigenvalue weighted by molar-refractivity contribution is 5.52. The third kappa shape index (κ3) is 2.34. The van der Waals surface area contributed by atoms with Crippen LogP contribution in [0, 0.1) is 0 Å². The van der Waals surface area contributed by atoms with Crippen molar-refractivity contribution in [3.8, 4) is 5.75 Å². The van der Waals surface area contributed by atoms with E-state index in [0.717, 1.165) is 5.56 Å². The lowest BCUT2D eigenvalue weighted by Gasteiger charge is -1.94. The molecule has 2 N–H and O–H groups in total. The normalized spacial score (nSPS) is 11.5. The summed E-state index contributed by atoms with van der Waals surface area (Å²) in [6, 6.07) is 6.70. The quantitative estimate of drug-likeness (QED) is 0.603. The minimum Gasteiger partial charge on any atom is -0.513 e. The number of allylic oxidation sites excluding steroid dienone is 1. The number of phenols is 1. The van der Waals surface area contributed by atoms with Gasteiger partial charge >= 0.3 is 0 Å². The Bertz CT molecular complexity index is 273. The number of aliphatic hydroxyl groups is 1. The van der Waals surface area contributed by atoms with Gasteiger partial charge in [-0.05, 0) is 30.7 Å². The zero-order valence-electron chi connectivity index (χ0n) is 6.28. The third-order valence-corrected chi connectivity index (χ3v) is 1.25. The van der Waals surface area contributed by atoms with E-state index in [2.05, 4.69) is 0 Å². The summed E-state index contributed by atoms with van der Waals surface area (Å²) in [7, 11) is 0. The van der Waals surface area contributed by atoms with Crippen LogP contribution in [0.25, 0.3) is 6.08 Å². The molecule has 0 unspecified atom stereocenters. The van der Waals surface area contributed by atoms with Gasteiger partial charge in [0.2, 0.25) is 0 Å². The number of benzene rings is 1. The molecule has 0 heterocycles. The molecule has 0 aromatic heterocycles. The minimum atomic E-state index is 0.208. The summed E-state index contributed by atoms with van der Waals surface area (Å²) in [6.45, 7) is 1.59. The Morgan fingerprint density at radius 1 is 1.45 bits per heavy atom. The van der Waals surface area contributed by atoms with Crippen molar-refractivity contribution in [1.29, 1.82) is 0 Å². The molecule has 0 spiro atoms. The molecule has 0 aliphatic heterocycles. The Morgan fingerprint density at radius 2 is 2.18 bits per heavy atom. The predicted molar refractivity (Wildman–Crippen MR) is 44.4 cm³/mol. The maximum absolute atomic E-state index is 9.02. The maximum atomic E-state index is 9.02. The molecule has 0 amide bonds. The molecule has 2 nitrogen and oxygen atoms in total. The van der Waals surface area contributed by atoms with E-state index in [1.165, 1.54) is 0 Å². The van der Waals surface area contributed by atoms with Gasteiger partial charge < -0.3 is 10.2 Å². The molecule has 0 radical (unpaired) electrons. The van der Waals surface area contributed by atoms with Crippen LogP contribution in [0.3, 0.4) is 0 Å². The summed E-state index contributed by atoms with van der Waals surface area (Å²) in [5.41, 5.74) is 0.796. The molecule has 58 valence electrons. The van der Waals surface area contributed by atoms with Gasteiger partial charge in [-0.3, -0.25) is 0 Å². The first-order valence-corrected chi connectivity index (χ1v) is 3.35. The molecule has 1 aromatic carbocycles. The Labute approximate surface area is 65.4 Å². The SMILES string of the molecule is C/C(O)=C/c1cccc(O)c1. The van der Waals surface area contributed by atoms with E-state index in [1.807, 2.05) is 0 Å². The predicted octanol–water partition coefficient (Wildman–Crippen LogP) is 2.31. The Morgan fingerprint density at radius 3 is 2.73 bits per heavy atom.